The summed E-state index contributed by atoms with van der Waals surface area (Å²) >= 11 is 0. The van der Waals surface area contributed by atoms with Crippen LogP contribution in [0.25, 0.3) is 0 Å². The summed E-state index contributed by atoms with van der Waals surface area (Å²) in [4.78, 5) is 12.0. The monoisotopic (exact) mass is 285 g/mol. The lowest BCUT2D eigenvalue weighted by Gasteiger charge is -2.28. The molecule has 0 aliphatic heterocycles. The summed E-state index contributed by atoms with van der Waals surface area (Å²) in [6.07, 6.45) is 6.91. The second-order valence-corrected chi connectivity index (χ2v) is 6.39. The van der Waals surface area contributed by atoms with Crippen LogP contribution in [0.2, 0.25) is 0 Å². The fourth-order valence-electron chi connectivity index (χ4n) is 3.30. The normalized spacial score (nSPS) is 23.6. The summed E-state index contributed by atoms with van der Waals surface area (Å²) in [5.74, 6) is 0.322. The van der Waals surface area contributed by atoms with Crippen LogP contribution in [0.4, 0.5) is 0 Å². The number of amides is 1. The molecule has 1 aliphatic rings. The molecule has 0 heterocycles. The fourth-order valence-corrected chi connectivity index (χ4v) is 3.30. The van der Waals surface area contributed by atoms with Gasteiger partial charge in [0.15, 0.2) is 0 Å². The number of carbonyl (C=O) groups is 1. The van der Waals surface area contributed by atoms with E-state index in [1.54, 1.807) is 0 Å². The van der Waals surface area contributed by atoms with Gasteiger partial charge in [0.05, 0.1) is 18.1 Å². The second-order valence-electron chi connectivity index (χ2n) is 6.39. The maximum Gasteiger partial charge on any atom is 0.222 e. The maximum atomic E-state index is 12.0. The first-order valence-electron chi connectivity index (χ1n) is 8.16. The summed E-state index contributed by atoms with van der Waals surface area (Å²) in [6.45, 7) is 4.69. The molecule has 0 aromatic carbocycles. The number of nitrogens with one attached hydrogen (secondary N) is 1. The van der Waals surface area contributed by atoms with Crippen molar-refractivity contribution in [2.24, 2.45) is 5.92 Å². The molecule has 0 saturated heterocycles. The molecule has 0 bridgehead atoms. The largest absolute Gasteiger partial charge is 0.393 e. The standard InChI is InChI=1S/C16H31NO3/c1-3-8-16(20,9-4-2)11-15(19)17-12-13-6-5-7-14(18)10-13/h13-14,18,20H,3-12H2,1-2H3,(H,17,19). The quantitative estimate of drug-likeness (QED) is 0.641. The van der Waals surface area contributed by atoms with Crippen LogP contribution in [0.3, 0.4) is 0 Å². The Labute approximate surface area is 123 Å². The van der Waals surface area contributed by atoms with E-state index in [0.717, 1.165) is 38.5 Å². The van der Waals surface area contributed by atoms with Crippen LogP contribution in [0, 0.1) is 5.92 Å². The molecule has 20 heavy (non-hydrogen) atoms. The lowest BCUT2D eigenvalue weighted by Crippen LogP contribution is -2.39. The Morgan fingerprint density at radius 1 is 1.25 bits per heavy atom. The zero-order valence-corrected chi connectivity index (χ0v) is 13.0. The van der Waals surface area contributed by atoms with Crippen molar-refractivity contribution in [1.82, 2.24) is 5.32 Å². The summed E-state index contributed by atoms with van der Waals surface area (Å²) in [5, 5.41) is 23.0. The molecule has 3 N–H and O–H groups in total. The van der Waals surface area contributed by atoms with Gasteiger partial charge in [-0.15, -0.1) is 0 Å². The minimum absolute atomic E-state index is 0.0607. The van der Waals surface area contributed by atoms with Crippen LogP contribution in [-0.4, -0.2) is 34.4 Å². The second kappa shape index (κ2) is 8.63. The lowest BCUT2D eigenvalue weighted by molar-refractivity contribution is -0.127. The highest BCUT2D eigenvalue weighted by molar-refractivity contribution is 5.77. The van der Waals surface area contributed by atoms with Crippen molar-refractivity contribution >= 4 is 5.91 Å². The Hall–Kier alpha value is -0.610. The van der Waals surface area contributed by atoms with Gasteiger partial charge < -0.3 is 15.5 Å². The van der Waals surface area contributed by atoms with Crippen molar-refractivity contribution in [1.29, 1.82) is 0 Å². The first kappa shape index (κ1) is 17.4. The SMILES string of the molecule is CCCC(O)(CCC)CC(=O)NCC1CCCC(O)C1. The van der Waals surface area contributed by atoms with Crippen molar-refractivity contribution in [2.45, 2.75) is 83.3 Å². The third-order valence-corrected chi connectivity index (χ3v) is 4.26. The van der Waals surface area contributed by atoms with Gasteiger partial charge in [0.25, 0.3) is 0 Å². The molecule has 0 aromatic rings. The summed E-state index contributed by atoms with van der Waals surface area (Å²) in [7, 11) is 0. The van der Waals surface area contributed by atoms with Gasteiger partial charge in [-0.3, -0.25) is 4.79 Å². The van der Waals surface area contributed by atoms with Crippen molar-refractivity contribution < 1.29 is 15.0 Å². The predicted octanol–water partition coefficient (Wildman–Crippen LogP) is 2.38. The van der Waals surface area contributed by atoms with Gasteiger partial charge in [0.1, 0.15) is 0 Å². The molecule has 118 valence electrons. The van der Waals surface area contributed by atoms with Gasteiger partial charge in [0.2, 0.25) is 5.91 Å². The summed E-state index contributed by atoms with van der Waals surface area (Å²) in [5.41, 5.74) is -0.848. The van der Waals surface area contributed by atoms with Crippen LogP contribution in [0.15, 0.2) is 0 Å². The highest BCUT2D eigenvalue weighted by Gasteiger charge is 2.28. The molecule has 0 aromatic heterocycles. The van der Waals surface area contributed by atoms with Crippen LogP contribution >= 0.6 is 0 Å². The van der Waals surface area contributed by atoms with E-state index in [1.165, 1.54) is 0 Å². The van der Waals surface area contributed by atoms with Crippen LogP contribution < -0.4 is 5.32 Å². The van der Waals surface area contributed by atoms with E-state index in [2.05, 4.69) is 5.32 Å². The van der Waals surface area contributed by atoms with E-state index in [1.807, 2.05) is 13.8 Å². The smallest absolute Gasteiger partial charge is 0.222 e. The molecular formula is C16H31NO3. The van der Waals surface area contributed by atoms with E-state index in [4.69, 9.17) is 0 Å². The molecule has 0 radical (unpaired) electrons. The van der Waals surface area contributed by atoms with Crippen molar-refractivity contribution in [3.63, 3.8) is 0 Å². The lowest BCUT2D eigenvalue weighted by atomic mass is 9.86. The molecule has 0 spiro atoms. The first-order valence-corrected chi connectivity index (χ1v) is 8.16. The van der Waals surface area contributed by atoms with Gasteiger partial charge >= 0.3 is 0 Å². The molecule has 2 atom stereocenters. The van der Waals surface area contributed by atoms with Crippen molar-refractivity contribution in [3.05, 3.63) is 0 Å². The van der Waals surface area contributed by atoms with Gasteiger partial charge in [-0.05, 0) is 38.0 Å². The van der Waals surface area contributed by atoms with Gasteiger partial charge in [-0.1, -0.05) is 33.1 Å². The minimum Gasteiger partial charge on any atom is -0.393 e. The molecule has 1 aliphatic carbocycles. The molecule has 2 unspecified atom stereocenters. The van der Waals surface area contributed by atoms with Gasteiger partial charge in [0, 0.05) is 6.54 Å². The zero-order chi connectivity index (χ0) is 15.0. The molecule has 1 fully saturated rings. The van der Waals surface area contributed by atoms with Crippen molar-refractivity contribution in [2.75, 3.05) is 6.54 Å². The van der Waals surface area contributed by atoms with E-state index >= 15 is 0 Å². The molecule has 1 saturated carbocycles. The Morgan fingerprint density at radius 2 is 1.90 bits per heavy atom. The van der Waals surface area contributed by atoms with E-state index in [-0.39, 0.29) is 18.4 Å². The molecule has 1 amide bonds. The van der Waals surface area contributed by atoms with E-state index in [0.29, 0.717) is 25.3 Å². The van der Waals surface area contributed by atoms with Crippen LogP contribution in [-0.2, 0) is 4.79 Å². The number of carbonyl (C=O) groups excluding carboxylic acids is 1. The average Bonchev–Trinajstić information content (AvgIpc) is 2.37. The summed E-state index contributed by atoms with van der Waals surface area (Å²) < 4.78 is 0. The topological polar surface area (TPSA) is 69.6 Å². The number of rotatable bonds is 8. The van der Waals surface area contributed by atoms with Crippen LogP contribution in [0.5, 0.6) is 0 Å². The third-order valence-electron chi connectivity index (χ3n) is 4.26. The van der Waals surface area contributed by atoms with Gasteiger partial charge in [-0.2, -0.15) is 0 Å². The van der Waals surface area contributed by atoms with Gasteiger partial charge in [-0.25, -0.2) is 0 Å². The van der Waals surface area contributed by atoms with Crippen LogP contribution in [0.1, 0.15) is 71.6 Å². The molecule has 1 rings (SSSR count). The minimum atomic E-state index is -0.848. The predicted molar refractivity (Wildman–Crippen MR) is 80.4 cm³/mol. The number of aliphatic hydroxyl groups is 2. The Bertz CT molecular complexity index is 287. The van der Waals surface area contributed by atoms with Crippen molar-refractivity contribution in [3.8, 4) is 0 Å². The number of hydrogen-bond donors (Lipinski definition) is 3. The Balaban J connectivity index is 2.34. The number of hydrogen-bond acceptors (Lipinski definition) is 3. The van der Waals surface area contributed by atoms with E-state index < -0.39 is 5.60 Å². The zero-order valence-electron chi connectivity index (χ0n) is 13.0. The van der Waals surface area contributed by atoms with E-state index in [9.17, 15) is 15.0 Å². The molecule has 4 heteroatoms. The fraction of sp³-hybridized carbons (Fsp3) is 0.938. The highest BCUT2D eigenvalue weighted by atomic mass is 16.3. The Morgan fingerprint density at radius 3 is 2.45 bits per heavy atom. The Kier molecular flexibility index (Phi) is 7.52. The maximum absolute atomic E-state index is 12.0. The highest BCUT2D eigenvalue weighted by Crippen LogP contribution is 2.25. The summed E-state index contributed by atoms with van der Waals surface area (Å²) in [6, 6.07) is 0. The first-order chi connectivity index (χ1) is 9.49. The average molecular weight is 285 g/mol. The number of aliphatic hydroxyl groups excluding tert-OH is 1. The third kappa shape index (κ3) is 6.23. The molecule has 4 nitrogen and oxygen atoms in total. The molecular weight excluding hydrogens is 254 g/mol.